The van der Waals surface area contributed by atoms with Crippen LogP contribution in [-0.2, 0) is 14.3 Å². The second-order valence-corrected chi connectivity index (χ2v) is 4.44. The molecule has 0 atom stereocenters. The van der Waals surface area contributed by atoms with Crippen molar-refractivity contribution in [3.8, 4) is 5.75 Å². The van der Waals surface area contributed by atoms with Crippen LogP contribution in [0.15, 0.2) is 54.6 Å². The minimum atomic E-state index is -1.08. The Morgan fingerprint density at radius 1 is 0.818 bits per heavy atom. The van der Waals surface area contributed by atoms with Crippen LogP contribution in [0.1, 0.15) is 15.9 Å². The van der Waals surface area contributed by atoms with E-state index >= 15 is 0 Å². The predicted molar refractivity (Wildman–Crippen MR) is 79.8 cm³/mol. The summed E-state index contributed by atoms with van der Waals surface area (Å²) in [6, 6.07) is 15.3. The summed E-state index contributed by atoms with van der Waals surface area (Å²) in [5, 5.41) is 0. The fourth-order valence-corrected chi connectivity index (χ4v) is 1.88. The lowest BCUT2D eigenvalue weighted by Gasteiger charge is -2.12. The standard InChI is InChI=1S/C17H16O5/c1-20-17(21-2)16(19)22-14-10-8-13(9-11-14)15(18)12-6-4-3-5-7-12/h3-11,17H,1-2H3. The monoisotopic (exact) mass is 300 g/mol. The first-order valence-electron chi connectivity index (χ1n) is 6.63. The molecule has 0 saturated heterocycles. The van der Waals surface area contributed by atoms with Gasteiger partial charge in [-0.3, -0.25) is 4.79 Å². The summed E-state index contributed by atoms with van der Waals surface area (Å²) in [4.78, 5) is 23.9. The van der Waals surface area contributed by atoms with E-state index in [2.05, 4.69) is 0 Å². The van der Waals surface area contributed by atoms with Gasteiger partial charge in [0.2, 0.25) is 0 Å². The highest BCUT2D eigenvalue weighted by atomic mass is 16.7. The number of rotatable bonds is 6. The SMILES string of the molecule is COC(OC)C(=O)Oc1ccc(C(=O)c2ccccc2)cc1. The maximum absolute atomic E-state index is 12.2. The lowest BCUT2D eigenvalue weighted by Crippen LogP contribution is -2.29. The number of hydrogen-bond donors (Lipinski definition) is 0. The van der Waals surface area contributed by atoms with E-state index in [9.17, 15) is 9.59 Å². The molecule has 2 aromatic rings. The van der Waals surface area contributed by atoms with Gasteiger partial charge in [-0.2, -0.15) is 0 Å². The molecule has 0 bridgehead atoms. The molecule has 2 aromatic carbocycles. The molecule has 0 N–H and O–H groups in total. The van der Waals surface area contributed by atoms with Gasteiger partial charge in [0.05, 0.1) is 0 Å². The molecule has 0 unspecified atom stereocenters. The summed E-state index contributed by atoms with van der Waals surface area (Å²) in [5.74, 6) is -0.439. The van der Waals surface area contributed by atoms with Crippen molar-refractivity contribution in [2.75, 3.05) is 14.2 Å². The average molecular weight is 300 g/mol. The second-order valence-electron chi connectivity index (χ2n) is 4.44. The summed E-state index contributed by atoms with van der Waals surface area (Å²) in [6.45, 7) is 0. The Morgan fingerprint density at radius 2 is 1.36 bits per heavy atom. The Balaban J connectivity index is 2.08. The van der Waals surface area contributed by atoms with Gasteiger partial charge in [-0.1, -0.05) is 30.3 Å². The maximum Gasteiger partial charge on any atom is 0.368 e. The molecule has 0 radical (unpaired) electrons. The Labute approximate surface area is 128 Å². The molecule has 0 aliphatic heterocycles. The summed E-state index contributed by atoms with van der Waals surface area (Å²) in [5.41, 5.74) is 1.12. The van der Waals surface area contributed by atoms with Crippen molar-refractivity contribution in [1.82, 2.24) is 0 Å². The minimum absolute atomic E-state index is 0.0925. The van der Waals surface area contributed by atoms with Gasteiger partial charge in [-0.25, -0.2) is 4.79 Å². The molecular weight excluding hydrogens is 284 g/mol. The van der Waals surface area contributed by atoms with Gasteiger partial charge in [0.25, 0.3) is 6.29 Å². The predicted octanol–water partition coefficient (Wildman–Crippen LogP) is 2.44. The highest BCUT2D eigenvalue weighted by molar-refractivity contribution is 6.09. The molecule has 114 valence electrons. The van der Waals surface area contributed by atoms with Crippen LogP contribution in [0.25, 0.3) is 0 Å². The van der Waals surface area contributed by atoms with Crippen LogP contribution in [0.5, 0.6) is 5.75 Å². The quantitative estimate of drug-likeness (QED) is 0.355. The van der Waals surface area contributed by atoms with Crippen molar-refractivity contribution in [3.63, 3.8) is 0 Å². The summed E-state index contributed by atoms with van der Waals surface area (Å²) >= 11 is 0. The zero-order chi connectivity index (χ0) is 15.9. The van der Waals surface area contributed by atoms with E-state index < -0.39 is 12.3 Å². The van der Waals surface area contributed by atoms with Crippen molar-refractivity contribution in [3.05, 3.63) is 65.7 Å². The molecule has 2 rings (SSSR count). The highest BCUT2D eigenvalue weighted by Gasteiger charge is 2.19. The highest BCUT2D eigenvalue weighted by Crippen LogP contribution is 2.16. The minimum Gasteiger partial charge on any atom is -0.423 e. The number of methoxy groups -OCH3 is 2. The molecule has 0 aliphatic carbocycles. The third-order valence-corrected chi connectivity index (χ3v) is 2.99. The van der Waals surface area contributed by atoms with E-state index in [1.807, 2.05) is 6.07 Å². The number of carbonyl (C=O) groups is 2. The van der Waals surface area contributed by atoms with E-state index in [0.717, 1.165) is 0 Å². The Morgan fingerprint density at radius 3 is 1.91 bits per heavy atom. The number of esters is 1. The number of benzene rings is 2. The zero-order valence-electron chi connectivity index (χ0n) is 12.3. The molecular formula is C17H16O5. The van der Waals surface area contributed by atoms with Crippen LogP contribution < -0.4 is 4.74 Å². The van der Waals surface area contributed by atoms with Crippen LogP contribution in [-0.4, -0.2) is 32.3 Å². The lowest BCUT2D eigenvalue weighted by atomic mass is 10.0. The van der Waals surface area contributed by atoms with Gasteiger partial charge in [-0.05, 0) is 24.3 Å². The van der Waals surface area contributed by atoms with Gasteiger partial charge < -0.3 is 14.2 Å². The van der Waals surface area contributed by atoms with Gasteiger partial charge in [0, 0.05) is 25.3 Å². The molecule has 5 nitrogen and oxygen atoms in total. The van der Waals surface area contributed by atoms with Gasteiger partial charge in [0.1, 0.15) is 5.75 Å². The summed E-state index contributed by atoms with van der Waals surface area (Å²) in [7, 11) is 2.69. The van der Waals surface area contributed by atoms with E-state index in [-0.39, 0.29) is 5.78 Å². The first-order valence-corrected chi connectivity index (χ1v) is 6.63. The fourth-order valence-electron chi connectivity index (χ4n) is 1.88. The van der Waals surface area contributed by atoms with Crippen LogP contribution >= 0.6 is 0 Å². The van der Waals surface area contributed by atoms with Gasteiger partial charge >= 0.3 is 5.97 Å². The normalized spacial score (nSPS) is 10.5. The molecule has 0 fully saturated rings. The van der Waals surface area contributed by atoms with E-state index in [4.69, 9.17) is 14.2 Å². The molecule has 0 amide bonds. The second kappa shape index (κ2) is 7.49. The first-order chi connectivity index (χ1) is 10.7. The third-order valence-electron chi connectivity index (χ3n) is 2.99. The smallest absolute Gasteiger partial charge is 0.368 e. The van der Waals surface area contributed by atoms with E-state index in [0.29, 0.717) is 16.9 Å². The molecule has 5 heteroatoms. The van der Waals surface area contributed by atoms with Gasteiger partial charge in [0.15, 0.2) is 5.78 Å². The van der Waals surface area contributed by atoms with Crippen molar-refractivity contribution in [1.29, 1.82) is 0 Å². The van der Waals surface area contributed by atoms with E-state index in [1.54, 1.807) is 48.5 Å². The van der Waals surface area contributed by atoms with Crippen molar-refractivity contribution < 1.29 is 23.8 Å². The Bertz CT molecular complexity index is 630. The van der Waals surface area contributed by atoms with Crippen molar-refractivity contribution >= 4 is 11.8 Å². The number of hydrogen-bond acceptors (Lipinski definition) is 5. The zero-order valence-corrected chi connectivity index (χ0v) is 12.3. The topological polar surface area (TPSA) is 61.8 Å². The number of ether oxygens (including phenoxy) is 3. The van der Waals surface area contributed by atoms with Crippen molar-refractivity contribution in [2.24, 2.45) is 0 Å². The van der Waals surface area contributed by atoms with Crippen LogP contribution in [0.2, 0.25) is 0 Å². The summed E-state index contributed by atoms with van der Waals surface area (Å²) in [6.07, 6.45) is -1.08. The third kappa shape index (κ3) is 3.78. The Hall–Kier alpha value is -2.50. The maximum atomic E-state index is 12.2. The Kier molecular flexibility index (Phi) is 5.41. The average Bonchev–Trinajstić information content (AvgIpc) is 2.57. The molecule has 0 spiro atoms. The molecule has 0 aliphatic rings. The number of carbonyl (C=O) groups excluding carboxylic acids is 2. The molecule has 22 heavy (non-hydrogen) atoms. The summed E-state index contributed by atoms with van der Waals surface area (Å²) < 4.78 is 14.7. The van der Waals surface area contributed by atoms with Gasteiger partial charge in [-0.15, -0.1) is 0 Å². The fraction of sp³-hybridized carbons (Fsp3) is 0.176. The van der Waals surface area contributed by atoms with Crippen LogP contribution in [0.4, 0.5) is 0 Å². The molecule has 0 saturated carbocycles. The first kappa shape index (κ1) is 15.9. The van der Waals surface area contributed by atoms with Crippen LogP contribution in [0, 0.1) is 0 Å². The van der Waals surface area contributed by atoms with Crippen molar-refractivity contribution in [2.45, 2.75) is 6.29 Å². The largest absolute Gasteiger partial charge is 0.423 e. The number of ketones is 1. The lowest BCUT2D eigenvalue weighted by molar-refractivity contribution is -0.174. The van der Waals surface area contributed by atoms with Crippen LogP contribution in [0.3, 0.4) is 0 Å². The van der Waals surface area contributed by atoms with E-state index in [1.165, 1.54) is 14.2 Å². The molecule has 0 aromatic heterocycles. The molecule has 0 heterocycles.